The van der Waals surface area contributed by atoms with Gasteiger partial charge in [-0.05, 0) is 31.5 Å². The Morgan fingerprint density at radius 2 is 1.72 bits per heavy atom. The molecular weight excluding hydrogens is 372 g/mol. The van der Waals surface area contributed by atoms with Crippen LogP contribution in [-0.2, 0) is 14.3 Å². The molecule has 0 radical (unpaired) electrons. The summed E-state index contributed by atoms with van der Waals surface area (Å²) in [5, 5.41) is 14.7. The van der Waals surface area contributed by atoms with Gasteiger partial charge in [-0.3, -0.25) is 4.79 Å². The number of carboxylic acids is 1. The van der Waals surface area contributed by atoms with Crippen LogP contribution in [0.2, 0.25) is 0 Å². The van der Waals surface area contributed by atoms with E-state index in [4.69, 9.17) is 14.6 Å². The zero-order valence-electron chi connectivity index (χ0n) is 17.8. The molecular formula is C22H34N2O5. The van der Waals surface area contributed by atoms with Crippen molar-refractivity contribution in [2.75, 3.05) is 24.4 Å². The van der Waals surface area contributed by atoms with Gasteiger partial charge in [0.2, 0.25) is 5.91 Å². The summed E-state index contributed by atoms with van der Waals surface area (Å²) in [5.41, 5.74) is 1.11. The maximum Gasteiger partial charge on any atom is 0.333 e. The Morgan fingerprint density at radius 3 is 2.34 bits per heavy atom. The number of unbranched alkanes of at least 4 members (excludes halogenated alkanes) is 6. The van der Waals surface area contributed by atoms with Crippen molar-refractivity contribution in [3.63, 3.8) is 0 Å². The van der Waals surface area contributed by atoms with E-state index in [1.165, 1.54) is 39.2 Å². The van der Waals surface area contributed by atoms with Gasteiger partial charge in [-0.2, -0.15) is 0 Å². The van der Waals surface area contributed by atoms with Gasteiger partial charge in [0.1, 0.15) is 5.75 Å². The van der Waals surface area contributed by atoms with Crippen molar-refractivity contribution in [1.82, 2.24) is 0 Å². The number of anilines is 2. The Bertz CT molecular complexity index is 673. The topological polar surface area (TPSA) is 96.9 Å². The highest BCUT2D eigenvalue weighted by Gasteiger charge is 2.10. The van der Waals surface area contributed by atoms with Crippen LogP contribution in [0, 0.1) is 0 Å². The highest BCUT2D eigenvalue weighted by atomic mass is 16.5. The molecule has 0 aliphatic carbocycles. The normalized spacial score (nSPS) is 11.1. The number of rotatable bonds is 15. The first-order valence-corrected chi connectivity index (χ1v) is 10.3. The molecule has 0 aliphatic rings. The van der Waals surface area contributed by atoms with E-state index in [2.05, 4.69) is 17.6 Å². The second-order valence-corrected chi connectivity index (χ2v) is 6.74. The highest BCUT2D eigenvalue weighted by Crippen LogP contribution is 2.29. The average Bonchev–Trinajstić information content (AvgIpc) is 2.67. The lowest BCUT2D eigenvalue weighted by Gasteiger charge is -2.15. The van der Waals surface area contributed by atoms with Gasteiger partial charge in [0.25, 0.3) is 0 Å². The summed E-state index contributed by atoms with van der Waals surface area (Å²) in [7, 11) is 1.51. The Labute approximate surface area is 173 Å². The lowest BCUT2D eigenvalue weighted by molar-refractivity contribution is -0.131. The Morgan fingerprint density at radius 1 is 1.03 bits per heavy atom. The van der Waals surface area contributed by atoms with Crippen molar-refractivity contribution in [1.29, 1.82) is 0 Å². The highest BCUT2D eigenvalue weighted by molar-refractivity contribution is 5.91. The first-order chi connectivity index (χ1) is 14.0. The van der Waals surface area contributed by atoms with Crippen LogP contribution >= 0.6 is 0 Å². The maximum absolute atomic E-state index is 12.2. The molecule has 0 heterocycles. The van der Waals surface area contributed by atoms with Gasteiger partial charge in [0, 0.05) is 12.1 Å². The molecule has 0 spiro atoms. The third kappa shape index (κ3) is 10.4. The molecule has 1 amide bonds. The van der Waals surface area contributed by atoms with Crippen molar-refractivity contribution < 1.29 is 24.2 Å². The molecule has 1 aromatic carbocycles. The molecule has 0 saturated carbocycles. The van der Waals surface area contributed by atoms with Crippen LogP contribution < -0.4 is 15.4 Å². The number of ether oxygens (including phenoxy) is 2. The quantitative estimate of drug-likeness (QED) is 0.212. The molecule has 0 aromatic heterocycles. The number of aliphatic carboxylic acids is 1. The fourth-order valence-corrected chi connectivity index (χ4v) is 2.86. The molecule has 0 fully saturated rings. The van der Waals surface area contributed by atoms with Gasteiger partial charge in [0.05, 0.1) is 25.5 Å². The predicted molar refractivity (Wildman–Crippen MR) is 115 cm³/mol. The van der Waals surface area contributed by atoms with E-state index in [9.17, 15) is 9.59 Å². The smallest absolute Gasteiger partial charge is 0.333 e. The molecule has 1 rings (SSSR count). The summed E-state index contributed by atoms with van der Waals surface area (Å²) in [4.78, 5) is 23.2. The number of carboxylic acid groups (broad SMARTS) is 1. The molecule has 7 nitrogen and oxygen atoms in total. The van der Waals surface area contributed by atoms with Crippen LogP contribution in [0.25, 0.3) is 0 Å². The van der Waals surface area contributed by atoms with Crippen molar-refractivity contribution in [2.45, 2.75) is 65.2 Å². The Kier molecular flexibility index (Phi) is 12.0. The average molecular weight is 407 g/mol. The molecule has 7 heteroatoms. The summed E-state index contributed by atoms with van der Waals surface area (Å²) >= 11 is 0. The molecule has 0 unspecified atom stereocenters. The van der Waals surface area contributed by atoms with Crippen molar-refractivity contribution in [3.8, 4) is 5.75 Å². The summed E-state index contributed by atoms with van der Waals surface area (Å²) in [6.45, 7) is 4.27. The zero-order valence-corrected chi connectivity index (χ0v) is 17.8. The van der Waals surface area contributed by atoms with Crippen molar-refractivity contribution >= 4 is 23.3 Å². The third-order valence-electron chi connectivity index (χ3n) is 4.30. The maximum atomic E-state index is 12.2. The zero-order chi connectivity index (χ0) is 21.5. The monoisotopic (exact) mass is 406 g/mol. The van der Waals surface area contributed by atoms with Gasteiger partial charge in [-0.25, -0.2) is 4.79 Å². The van der Waals surface area contributed by atoms with Gasteiger partial charge in [-0.1, -0.05) is 45.4 Å². The standard InChI is InChI=1S/C22H34N2O5/c1-4-6-7-8-9-10-11-12-20(25)23-17-13-14-19(28-3)18(15-17)24-21(29-5-2)16-22(26)27/h13-16,24H,4-12H2,1-3H3,(H,23,25)(H,26,27)/b21-16-. The van der Waals surface area contributed by atoms with Gasteiger partial charge in [0.15, 0.2) is 5.88 Å². The summed E-state index contributed by atoms with van der Waals surface area (Å²) in [6.07, 6.45) is 9.53. The van der Waals surface area contributed by atoms with Crippen molar-refractivity contribution in [2.24, 2.45) is 0 Å². The van der Waals surface area contributed by atoms with E-state index >= 15 is 0 Å². The molecule has 3 N–H and O–H groups in total. The second-order valence-electron chi connectivity index (χ2n) is 6.74. The molecule has 1 aromatic rings. The number of nitrogens with one attached hydrogen (secondary N) is 2. The van der Waals surface area contributed by atoms with Gasteiger partial charge >= 0.3 is 5.97 Å². The number of hydrogen-bond acceptors (Lipinski definition) is 5. The number of benzene rings is 1. The number of carbonyl (C=O) groups excluding carboxylic acids is 1. The first-order valence-electron chi connectivity index (χ1n) is 10.3. The molecule has 29 heavy (non-hydrogen) atoms. The number of carbonyl (C=O) groups is 2. The van der Waals surface area contributed by atoms with Crippen LogP contribution in [0.15, 0.2) is 30.2 Å². The van der Waals surface area contributed by atoms with E-state index < -0.39 is 5.97 Å². The van der Waals surface area contributed by atoms with Gasteiger partial charge < -0.3 is 25.2 Å². The van der Waals surface area contributed by atoms with E-state index in [0.29, 0.717) is 30.2 Å². The molecule has 0 bridgehead atoms. The minimum atomic E-state index is -1.13. The minimum absolute atomic E-state index is 0.0409. The minimum Gasteiger partial charge on any atom is -0.495 e. The van der Waals surface area contributed by atoms with Crippen LogP contribution in [-0.4, -0.2) is 30.7 Å². The molecule has 0 saturated heterocycles. The molecule has 0 atom stereocenters. The summed E-state index contributed by atoms with van der Waals surface area (Å²) in [5.74, 6) is -0.573. The fraction of sp³-hybridized carbons (Fsp3) is 0.545. The Balaban J connectivity index is 2.63. The van der Waals surface area contributed by atoms with Crippen LogP contribution in [0.4, 0.5) is 11.4 Å². The largest absolute Gasteiger partial charge is 0.495 e. The van der Waals surface area contributed by atoms with E-state index in [1.807, 2.05) is 0 Å². The van der Waals surface area contributed by atoms with Crippen LogP contribution in [0.3, 0.4) is 0 Å². The number of hydrogen-bond donors (Lipinski definition) is 3. The van der Waals surface area contributed by atoms with Gasteiger partial charge in [-0.15, -0.1) is 0 Å². The van der Waals surface area contributed by atoms with E-state index in [0.717, 1.165) is 18.9 Å². The fourth-order valence-electron chi connectivity index (χ4n) is 2.86. The van der Waals surface area contributed by atoms with Crippen LogP contribution in [0.5, 0.6) is 5.75 Å². The number of amides is 1. The molecule has 0 aliphatic heterocycles. The van der Waals surface area contributed by atoms with E-state index in [-0.39, 0.29) is 11.8 Å². The predicted octanol–water partition coefficient (Wildman–Crippen LogP) is 5.15. The third-order valence-corrected chi connectivity index (χ3v) is 4.30. The van der Waals surface area contributed by atoms with Crippen molar-refractivity contribution in [3.05, 3.63) is 30.2 Å². The number of methoxy groups -OCH3 is 1. The summed E-state index contributed by atoms with van der Waals surface area (Å²) in [6, 6.07) is 5.14. The van der Waals surface area contributed by atoms with Crippen LogP contribution in [0.1, 0.15) is 65.2 Å². The van der Waals surface area contributed by atoms with E-state index in [1.54, 1.807) is 25.1 Å². The SMILES string of the molecule is CCCCCCCCCC(=O)Nc1ccc(OC)c(N/C(=C/C(=O)O)OCC)c1. The first kappa shape index (κ1) is 24.3. The Hall–Kier alpha value is -2.70. The second kappa shape index (κ2) is 14.3. The summed E-state index contributed by atoms with van der Waals surface area (Å²) < 4.78 is 10.6. The lowest BCUT2D eigenvalue weighted by atomic mass is 10.1. The lowest BCUT2D eigenvalue weighted by Crippen LogP contribution is -2.12. The molecule has 162 valence electrons.